The molecule has 2 aromatic rings. The smallest absolute Gasteiger partial charge is 0.266 e. The fraction of sp³-hybridized carbons (Fsp3) is 0.105. The number of rotatable bonds is 4. The van der Waals surface area contributed by atoms with E-state index in [1.807, 2.05) is 6.07 Å². The van der Waals surface area contributed by atoms with Crippen molar-refractivity contribution in [3.05, 3.63) is 64.0 Å². The first kappa shape index (κ1) is 19.4. The average Bonchev–Trinajstić information content (AvgIpc) is 2.92. The first-order valence-corrected chi connectivity index (χ1v) is 9.58. The maximum absolute atomic E-state index is 12.8. The predicted octanol–water partition coefficient (Wildman–Crippen LogP) is 4.27. The molecule has 1 fully saturated rings. The molecule has 1 saturated heterocycles. The van der Waals surface area contributed by atoms with Crippen molar-refractivity contribution in [2.45, 2.75) is 13.0 Å². The zero-order valence-corrected chi connectivity index (χ0v) is 16.6. The SMILES string of the molecule is CC(C(=O)Nc1ccccc1)N1C(=O)/C(=C/c2cc(Cl)ccc2O)SC1=S. The largest absolute Gasteiger partial charge is 0.507 e. The molecule has 0 saturated carbocycles. The highest BCUT2D eigenvalue weighted by atomic mass is 35.5. The topological polar surface area (TPSA) is 69.6 Å². The number of hydrogen-bond acceptors (Lipinski definition) is 5. The molecule has 1 unspecified atom stereocenters. The molecule has 8 heteroatoms. The Kier molecular flexibility index (Phi) is 5.84. The van der Waals surface area contributed by atoms with Gasteiger partial charge in [0.1, 0.15) is 16.1 Å². The number of nitrogens with zero attached hydrogens (tertiary/aromatic N) is 1. The van der Waals surface area contributed by atoms with Crippen LogP contribution >= 0.6 is 35.6 Å². The number of anilines is 1. The van der Waals surface area contributed by atoms with Gasteiger partial charge in [0.2, 0.25) is 5.91 Å². The molecule has 2 aromatic carbocycles. The number of phenolic OH excluding ortho intramolecular Hbond substituents is 1. The molecule has 0 aromatic heterocycles. The Hall–Kier alpha value is -2.35. The Morgan fingerprint density at radius 2 is 2.00 bits per heavy atom. The van der Waals surface area contributed by atoms with E-state index < -0.39 is 6.04 Å². The molecule has 138 valence electrons. The number of hydrogen-bond donors (Lipinski definition) is 2. The summed E-state index contributed by atoms with van der Waals surface area (Å²) in [4.78, 5) is 26.9. The van der Waals surface area contributed by atoms with E-state index in [4.69, 9.17) is 23.8 Å². The fourth-order valence-corrected chi connectivity index (χ4v) is 4.07. The van der Waals surface area contributed by atoms with Gasteiger partial charge < -0.3 is 10.4 Å². The van der Waals surface area contributed by atoms with E-state index in [-0.39, 0.29) is 21.9 Å². The Bertz CT molecular complexity index is 947. The molecule has 0 radical (unpaired) electrons. The van der Waals surface area contributed by atoms with E-state index in [1.165, 1.54) is 17.0 Å². The van der Waals surface area contributed by atoms with Crippen molar-refractivity contribution in [3.63, 3.8) is 0 Å². The summed E-state index contributed by atoms with van der Waals surface area (Å²) in [6.07, 6.45) is 1.52. The third-order valence-corrected chi connectivity index (χ3v) is 5.47. The van der Waals surface area contributed by atoms with E-state index in [2.05, 4.69) is 5.32 Å². The Morgan fingerprint density at radius 1 is 1.30 bits per heavy atom. The van der Waals surface area contributed by atoms with Crippen molar-refractivity contribution in [1.29, 1.82) is 0 Å². The molecule has 1 atom stereocenters. The fourth-order valence-electron chi connectivity index (χ4n) is 2.48. The molecule has 27 heavy (non-hydrogen) atoms. The number of thiocarbonyl (C=S) groups is 1. The minimum absolute atomic E-state index is 0.000428. The van der Waals surface area contributed by atoms with Crippen LogP contribution in [0.2, 0.25) is 5.02 Å². The van der Waals surface area contributed by atoms with Gasteiger partial charge in [0, 0.05) is 16.3 Å². The van der Waals surface area contributed by atoms with Gasteiger partial charge in [-0.05, 0) is 43.3 Å². The second kappa shape index (κ2) is 8.12. The van der Waals surface area contributed by atoms with E-state index in [0.717, 1.165) is 11.8 Å². The lowest BCUT2D eigenvalue weighted by Crippen LogP contribution is -2.44. The number of amides is 2. The Morgan fingerprint density at radius 3 is 2.70 bits per heavy atom. The summed E-state index contributed by atoms with van der Waals surface area (Å²) in [5.74, 6) is -0.732. The molecule has 1 heterocycles. The number of halogens is 1. The second-order valence-electron chi connectivity index (χ2n) is 5.79. The minimum atomic E-state index is -0.781. The number of carbonyl (C=O) groups excluding carboxylic acids is 2. The zero-order valence-electron chi connectivity index (χ0n) is 14.2. The zero-order chi connectivity index (χ0) is 19.6. The summed E-state index contributed by atoms with van der Waals surface area (Å²) >= 11 is 12.3. The summed E-state index contributed by atoms with van der Waals surface area (Å²) in [5.41, 5.74) is 1.04. The number of aromatic hydroxyl groups is 1. The van der Waals surface area contributed by atoms with Crippen LogP contribution in [0.15, 0.2) is 53.4 Å². The first-order valence-electron chi connectivity index (χ1n) is 7.98. The van der Waals surface area contributed by atoms with Gasteiger partial charge in [0.25, 0.3) is 5.91 Å². The van der Waals surface area contributed by atoms with Crippen molar-refractivity contribution < 1.29 is 14.7 Å². The maximum atomic E-state index is 12.8. The number of thioether (sulfide) groups is 1. The van der Waals surface area contributed by atoms with Crippen LogP contribution < -0.4 is 5.32 Å². The third-order valence-electron chi connectivity index (χ3n) is 3.91. The lowest BCUT2D eigenvalue weighted by atomic mass is 10.1. The number of phenols is 1. The van der Waals surface area contributed by atoms with Crippen LogP contribution in [0.1, 0.15) is 12.5 Å². The van der Waals surface area contributed by atoms with Gasteiger partial charge in [0.05, 0.1) is 4.91 Å². The van der Waals surface area contributed by atoms with E-state index in [1.54, 1.807) is 43.3 Å². The second-order valence-corrected chi connectivity index (χ2v) is 7.90. The quantitative estimate of drug-likeness (QED) is 0.573. The van der Waals surface area contributed by atoms with Crippen LogP contribution in [0.3, 0.4) is 0 Å². The monoisotopic (exact) mass is 418 g/mol. The van der Waals surface area contributed by atoms with E-state index in [9.17, 15) is 14.7 Å². The number of nitrogens with one attached hydrogen (secondary N) is 1. The first-order chi connectivity index (χ1) is 12.9. The van der Waals surface area contributed by atoms with Crippen molar-refractivity contribution in [2.75, 3.05) is 5.32 Å². The van der Waals surface area contributed by atoms with Crippen LogP contribution in [0, 0.1) is 0 Å². The van der Waals surface area contributed by atoms with Gasteiger partial charge in [-0.15, -0.1) is 0 Å². The molecule has 2 amide bonds. The summed E-state index contributed by atoms with van der Waals surface area (Å²) in [6.45, 7) is 1.61. The van der Waals surface area contributed by atoms with Crippen LogP contribution in [-0.2, 0) is 9.59 Å². The standard InChI is InChI=1S/C19H15ClN2O3S2/c1-11(17(24)21-14-5-3-2-4-6-14)22-18(25)16(27-19(22)26)10-12-9-13(20)7-8-15(12)23/h2-11,23H,1H3,(H,21,24)/b16-10-. The van der Waals surface area contributed by atoms with Gasteiger partial charge in [-0.1, -0.05) is 53.8 Å². The summed E-state index contributed by atoms with van der Waals surface area (Å²) in [6, 6.07) is 12.7. The van der Waals surface area contributed by atoms with Gasteiger partial charge in [-0.25, -0.2) is 0 Å². The molecular formula is C19H15ClN2O3S2. The third kappa shape index (κ3) is 4.32. The highest BCUT2D eigenvalue weighted by Gasteiger charge is 2.38. The Labute approximate surface area is 171 Å². The summed E-state index contributed by atoms with van der Waals surface area (Å²) in [5, 5.41) is 13.1. The molecule has 3 rings (SSSR count). The molecule has 1 aliphatic rings. The lowest BCUT2D eigenvalue weighted by Gasteiger charge is -2.22. The molecular weight excluding hydrogens is 404 g/mol. The van der Waals surface area contributed by atoms with Gasteiger partial charge in [0.15, 0.2) is 0 Å². The van der Waals surface area contributed by atoms with Crippen molar-refractivity contribution >= 4 is 63.5 Å². The Balaban J connectivity index is 1.80. The van der Waals surface area contributed by atoms with E-state index in [0.29, 0.717) is 21.2 Å². The molecule has 0 bridgehead atoms. The van der Waals surface area contributed by atoms with Gasteiger partial charge in [-0.2, -0.15) is 0 Å². The van der Waals surface area contributed by atoms with Crippen molar-refractivity contribution in [1.82, 2.24) is 4.90 Å². The van der Waals surface area contributed by atoms with Crippen molar-refractivity contribution in [3.8, 4) is 5.75 Å². The normalized spacial score (nSPS) is 16.7. The predicted molar refractivity (Wildman–Crippen MR) is 113 cm³/mol. The average molecular weight is 419 g/mol. The molecule has 0 spiro atoms. The molecule has 1 aliphatic heterocycles. The summed E-state index contributed by atoms with van der Waals surface area (Å²) in [7, 11) is 0. The number of carbonyl (C=O) groups is 2. The van der Waals surface area contributed by atoms with Crippen molar-refractivity contribution in [2.24, 2.45) is 0 Å². The van der Waals surface area contributed by atoms with Crippen LogP contribution in [0.25, 0.3) is 6.08 Å². The highest BCUT2D eigenvalue weighted by molar-refractivity contribution is 8.26. The van der Waals surface area contributed by atoms with Gasteiger partial charge in [-0.3, -0.25) is 14.5 Å². The minimum Gasteiger partial charge on any atom is -0.507 e. The number of benzene rings is 2. The van der Waals surface area contributed by atoms with Crippen LogP contribution in [-0.4, -0.2) is 32.2 Å². The van der Waals surface area contributed by atoms with Crippen LogP contribution in [0.4, 0.5) is 5.69 Å². The van der Waals surface area contributed by atoms with E-state index >= 15 is 0 Å². The maximum Gasteiger partial charge on any atom is 0.266 e. The number of para-hydroxylation sites is 1. The molecule has 0 aliphatic carbocycles. The summed E-state index contributed by atoms with van der Waals surface area (Å²) < 4.78 is 0.281. The molecule has 2 N–H and O–H groups in total. The highest BCUT2D eigenvalue weighted by Crippen LogP contribution is 2.36. The molecule has 5 nitrogen and oxygen atoms in total. The van der Waals surface area contributed by atoms with Crippen LogP contribution in [0.5, 0.6) is 5.75 Å². The lowest BCUT2D eigenvalue weighted by molar-refractivity contribution is -0.129. The van der Waals surface area contributed by atoms with Gasteiger partial charge >= 0.3 is 0 Å².